The van der Waals surface area contributed by atoms with E-state index < -0.39 is 8.32 Å². The molecule has 0 heterocycles. The van der Waals surface area contributed by atoms with Gasteiger partial charge < -0.3 is 4.43 Å². The lowest BCUT2D eigenvalue weighted by molar-refractivity contribution is 0.291. The Hall–Kier alpha value is -1.81. The number of hydrogen-bond acceptors (Lipinski definition) is 2. The molecule has 158 valence electrons. The molecular weight excluding hydrogens is 400 g/mol. The van der Waals surface area contributed by atoms with Gasteiger partial charge >= 0.3 is 0 Å². The molecule has 0 spiro atoms. The zero-order chi connectivity index (χ0) is 21.5. The standard InChI is InChI=1S/C27H34OSSi/c1-23-17-19-24(20-18-23)29-22-12-11-21-28-30(27(2,3)4,25-13-7-5-8-14-25)26-15-9-6-10-16-26/h5-10,13-20H,11-12,21-22H2,1-4H3. The molecule has 0 bridgehead atoms. The highest BCUT2D eigenvalue weighted by Crippen LogP contribution is 2.36. The van der Waals surface area contributed by atoms with Crippen LogP contribution >= 0.6 is 11.8 Å². The first-order chi connectivity index (χ1) is 14.4. The first-order valence-electron chi connectivity index (χ1n) is 10.9. The molecule has 0 fully saturated rings. The molecule has 1 nitrogen and oxygen atoms in total. The van der Waals surface area contributed by atoms with Gasteiger partial charge in [0, 0.05) is 11.5 Å². The Morgan fingerprint density at radius 3 is 1.77 bits per heavy atom. The lowest BCUT2D eigenvalue weighted by Gasteiger charge is -2.43. The Kier molecular flexibility index (Phi) is 7.98. The third-order valence-corrected chi connectivity index (χ3v) is 11.7. The minimum absolute atomic E-state index is 0.0480. The molecule has 0 unspecified atom stereocenters. The highest BCUT2D eigenvalue weighted by atomic mass is 32.2. The molecule has 0 radical (unpaired) electrons. The monoisotopic (exact) mass is 434 g/mol. The number of hydrogen-bond donors (Lipinski definition) is 0. The van der Waals surface area contributed by atoms with Crippen molar-refractivity contribution >= 4 is 30.5 Å². The fourth-order valence-electron chi connectivity index (χ4n) is 4.02. The smallest absolute Gasteiger partial charge is 0.261 e. The van der Waals surface area contributed by atoms with Crippen LogP contribution in [0.2, 0.25) is 5.04 Å². The summed E-state index contributed by atoms with van der Waals surface area (Å²) in [5, 5.41) is 2.77. The topological polar surface area (TPSA) is 9.23 Å². The Labute approximate surface area is 188 Å². The van der Waals surface area contributed by atoms with Gasteiger partial charge in [-0.2, -0.15) is 0 Å². The first-order valence-corrected chi connectivity index (χ1v) is 13.8. The molecule has 0 atom stereocenters. The van der Waals surface area contributed by atoms with Crippen LogP contribution in [0.25, 0.3) is 0 Å². The van der Waals surface area contributed by atoms with Gasteiger partial charge in [0.1, 0.15) is 0 Å². The van der Waals surface area contributed by atoms with Gasteiger partial charge in [-0.05, 0) is 53.1 Å². The lowest BCUT2D eigenvalue weighted by Crippen LogP contribution is -2.66. The van der Waals surface area contributed by atoms with Crippen molar-refractivity contribution in [3.05, 3.63) is 90.5 Å². The van der Waals surface area contributed by atoms with E-state index in [0.717, 1.165) is 25.2 Å². The van der Waals surface area contributed by atoms with E-state index in [1.165, 1.54) is 20.8 Å². The predicted molar refractivity (Wildman–Crippen MR) is 135 cm³/mol. The fourth-order valence-corrected chi connectivity index (χ4v) is 9.53. The van der Waals surface area contributed by atoms with Gasteiger partial charge in [-0.3, -0.25) is 0 Å². The third-order valence-electron chi connectivity index (χ3n) is 5.56. The van der Waals surface area contributed by atoms with E-state index in [2.05, 4.69) is 113 Å². The zero-order valence-corrected chi connectivity index (χ0v) is 20.5. The summed E-state index contributed by atoms with van der Waals surface area (Å²) >= 11 is 1.94. The molecule has 0 aliphatic carbocycles. The maximum atomic E-state index is 6.96. The van der Waals surface area contributed by atoms with Gasteiger partial charge in [-0.15, -0.1) is 11.8 Å². The minimum Gasteiger partial charge on any atom is -0.407 e. The molecule has 30 heavy (non-hydrogen) atoms. The Bertz CT molecular complexity index is 846. The molecular formula is C27H34OSSi. The SMILES string of the molecule is Cc1ccc(SCCCCO[Si](c2ccccc2)(c2ccccc2)C(C)(C)C)cc1. The second kappa shape index (κ2) is 10.5. The molecule has 3 rings (SSSR count). The van der Waals surface area contributed by atoms with E-state index >= 15 is 0 Å². The van der Waals surface area contributed by atoms with Crippen LogP contribution in [-0.2, 0) is 4.43 Å². The molecule has 0 aromatic heterocycles. The van der Waals surface area contributed by atoms with Gasteiger partial charge in [0.15, 0.2) is 0 Å². The Balaban J connectivity index is 1.69. The van der Waals surface area contributed by atoms with E-state index in [1.54, 1.807) is 0 Å². The van der Waals surface area contributed by atoms with Crippen molar-refractivity contribution < 1.29 is 4.43 Å². The summed E-state index contributed by atoms with van der Waals surface area (Å²) in [7, 11) is -2.39. The van der Waals surface area contributed by atoms with Crippen molar-refractivity contribution in [3.63, 3.8) is 0 Å². The molecule has 0 aliphatic rings. The lowest BCUT2D eigenvalue weighted by atomic mass is 10.2. The Morgan fingerprint density at radius 2 is 1.27 bits per heavy atom. The van der Waals surface area contributed by atoms with Crippen molar-refractivity contribution in [1.82, 2.24) is 0 Å². The van der Waals surface area contributed by atoms with Crippen LogP contribution in [0.4, 0.5) is 0 Å². The van der Waals surface area contributed by atoms with Crippen molar-refractivity contribution in [2.45, 2.75) is 50.5 Å². The van der Waals surface area contributed by atoms with Crippen molar-refractivity contribution in [2.75, 3.05) is 12.4 Å². The summed E-state index contributed by atoms with van der Waals surface area (Å²) < 4.78 is 6.96. The summed E-state index contributed by atoms with van der Waals surface area (Å²) in [6, 6.07) is 30.6. The summed E-state index contributed by atoms with van der Waals surface area (Å²) in [6.45, 7) is 9.96. The summed E-state index contributed by atoms with van der Waals surface area (Å²) in [5.74, 6) is 1.13. The average Bonchev–Trinajstić information content (AvgIpc) is 2.75. The van der Waals surface area contributed by atoms with Crippen LogP contribution in [0.5, 0.6) is 0 Å². The first kappa shape index (κ1) is 22.9. The average molecular weight is 435 g/mol. The van der Waals surface area contributed by atoms with E-state index in [9.17, 15) is 0 Å². The second-order valence-corrected chi connectivity index (χ2v) is 14.4. The quantitative estimate of drug-likeness (QED) is 0.218. The van der Waals surface area contributed by atoms with Crippen LogP contribution in [0.1, 0.15) is 39.2 Å². The van der Waals surface area contributed by atoms with Gasteiger partial charge in [-0.25, -0.2) is 0 Å². The van der Waals surface area contributed by atoms with Crippen LogP contribution < -0.4 is 10.4 Å². The predicted octanol–water partition coefficient (Wildman–Crippen LogP) is 6.44. The summed E-state index contributed by atoms with van der Waals surface area (Å²) in [6.07, 6.45) is 2.25. The van der Waals surface area contributed by atoms with Crippen molar-refractivity contribution in [3.8, 4) is 0 Å². The van der Waals surface area contributed by atoms with Gasteiger partial charge in [-0.1, -0.05) is 99.1 Å². The van der Waals surface area contributed by atoms with E-state index in [0.29, 0.717) is 0 Å². The van der Waals surface area contributed by atoms with Crippen LogP contribution in [0.3, 0.4) is 0 Å². The molecule has 3 aromatic carbocycles. The van der Waals surface area contributed by atoms with Gasteiger partial charge in [0.25, 0.3) is 8.32 Å². The van der Waals surface area contributed by atoms with Crippen LogP contribution in [-0.4, -0.2) is 20.7 Å². The summed E-state index contributed by atoms with van der Waals surface area (Å²) in [5.41, 5.74) is 1.32. The maximum Gasteiger partial charge on any atom is 0.261 e. The Morgan fingerprint density at radius 1 is 0.733 bits per heavy atom. The number of unbranched alkanes of at least 4 members (excludes halogenated alkanes) is 1. The normalized spacial score (nSPS) is 12.1. The molecule has 0 N–H and O–H groups in total. The second-order valence-electron chi connectivity index (χ2n) is 8.88. The largest absolute Gasteiger partial charge is 0.407 e. The van der Waals surface area contributed by atoms with Gasteiger partial charge in [0.05, 0.1) is 0 Å². The zero-order valence-electron chi connectivity index (χ0n) is 18.7. The minimum atomic E-state index is -2.39. The van der Waals surface area contributed by atoms with Crippen LogP contribution in [0, 0.1) is 6.92 Å². The van der Waals surface area contributed by atoms with E-state index in [-0.39, 0.29) is 5.04 Å². The van der Waals surface area contributed by atoms with E-state index in [1.807, 2.05) is 11.8 Å². The third kappa shape index (κ3) is 5.45. The number of rotatable bonds is 9. The molecule has 3 aromatic rings. The number of thioether (sulfide) groups is 1. The molecule has 0 saturated carbocycles. The number of aryl methyl sites for hydroxylation is 1. The van der Waals surface area contributed by atoms with Gasteiger partial charge in [0.2, 0.25) is 0 Å². The fraction of sp³-hybridized carbons (Fsp3) is 0.333. The molecule has 0 aliphatic heterocycles. The maximum absolute atomic E-state index is 6.96. The van der Waals surface area contributed by atoms with E-state index in [4.69, 9.17) is 4.43 Å². The molecule has 3 heteroatoms. The highest BCUT2D eigenvalue weighted by molar-refractivity contribution is 7.99. The summed E-state index contributed by atoms with van der Waals surface area (Å²) in [4.78, 5) is 1.36. The highest BCUT2D eigenvalue weighted by Gasteiger charge is 2.49. The molecule has 0 saturated heterocycles. The number of benzene rings is 3. The molecule has 0 amide bonds. The van der Waals surface area contributed by atoms with Crippen molar-refractivity contribution in [2.24, 2.45) is 0 Å². The van der Waals surface area contributed by atoms with Crippen LogP contribution in [0.15, 0.2) is 89.8 Å². The van der Waals surface area contributed by atoms with Crippen molar-refractivity contribution in [1.29, 1.82) is 0 Å².